The molecule has 3 aromatic carbocycles. The maximum atomic E-state index is 14.4. The molecular weight excluding hydrogens is 612 g/mol. The van der Waals surface area contributed by atoms with E-state index in [0.29, 0.717) is 44.5 Å². The van der Waals surface area contributed by atoms with Gasteiger partial charge in [-0.3, -0.25) is 19.4 Å². The molecule has 0 bridgehead atoms. The Morgan fingerprint density at radius 1 is 1.00 bits per heavy atom. The number of carbonyl (C=O) groups excluding carboxylic acids is 3. The third-order valence-corrected chi connectivity index (χ3v) is 9.50. The van der Waals surface area contributed by atoms with Gasteiger partial charge in [-0.05, 0) is 91.4 Å². The molecule has 5 rings (SSSR count). The van der Waals surface area contributed by atoms with Gasteiger partial charge < -0.3 is 25.8 Å². The topological polar surface area (TPSA) is 106 Å². The molecular formula is C40H46N6O3. The second-order valence-electron chi connectivity index (χ2n) is 13.0. The number of anilines is 2. The first-order valence-electron chi connectivity index (χ1n) is 16.9. The molecule has 0 radical (unpaired) electrons. The Bertz CT molecular complexity index is 1720. The van der Waals surface area contributed by atoms with E-state index in [4.69, 9.17) is 6.42 Å². The van der Waals surface area contributed by atoms with Crippen molar-refractivity contribution in [3.63, 3.8) is 0 Å². The molecule has 1 aliphatic heterocycles. The number of aliphatic imine (C=N–C) groups is 1. The lowest BCUT2D eigenvalue weighted by molar-refractivity contribution is -0.145. The number of terminal acetylenes is 1. The molecule has 1 heterocycles. The Hall–Kier alpha value is -5.20. The summed E-state index contributed by atoms with van der Waals surface area (Å²) in [6.45, 7) is 4.70. The molecule has 2 aliphatic rings. The number of amides is 3. The van der Waals surface area contributed by atoms with Crippen LogP contribution in [0, 0.1) is 23.7 Å². The number of allylic oxidation sites excluding steroid dienone is 2. The van der Waals surface area contributed by atoms with Crippen LogP contribution in [0.25, 0.3) is 0 Å². The molecule has 49 heavy (non-hydrogen) atoms. The average molecular weight is 659 g/mol. The zero-order chi connectivity index (χ0) is 34.6. The lowest BCUT2D eigenvalue weighted by atomic mass is 9.78. The number of nitrogens with one attached hydrogen (secondary N) is 3. The average Bonchev–Trinajstić information content (AvgIpc) is 3.54. The van der Waals surface area contributed by atoms with Crippen molar-refractivity contribution in [2.45, 2.75) is 45.7 Å². The van der Waals surface area contributed by atoms with Crippen LogP contribution < -0.4 is 20.9 Å². The molecule has 0 spiro atoms. The molecule has 3 amide bonds. The van der Waals surface area contributed by atoms with Gasteiger partial charge in [0.1, 0.15) is 13.2 Å². The van der Waals surface area contributed by atoms with E-state index in [1.54, 1.807) is 17.2 Å². The minimum Gasteiger partial charge on any atom is -0.371 e. The Labute approximate surface area is 289 Å². The molecule has 3 N–H and O–H groups in total. The lowest BCUT2D eigenvalue weighted by Gasteiger charge is -2.42. The highest BCUT2D eigenvalue weighted by atomic mass is 16.2. The van der Waals surface area contributed by atoms with Crippen LogP contribution in [0.5, 0.6) is 0 Å². The van der Waals surface area contributed by atoms with Crippen molar-refractivity contribution in [1.82, 2.24) is 15.5 Å². The van der Waals surface area contributed by atoms with Gasteiger partial charge in [0.2, 0.25) is 17.7 Å². The first-order valence-corrected chi connectivity index (χ1v) is 16.9. The predicted octanol–water partition coefficient (Wildman–Crippen LogP) is 4.73. The quantitative estimate of drug-likeness (QED) is 0.182. The van der Waals surface area contributed by atoms with E-state index in [1.165, 1.54) is 6.08 Å². The molecule has 9 heteroatoms. The van der Waals surface area contributed by atoms with Crippen LogP contribution in [-0.4, -0.2) is 62.2 Å². The van der Waals surface area contributed by atoms with E-state index in [2.05, 4.69) is 50.0 Å². The number of nitrogens with zero attached hydrogens (tertiary/aromatic N) is 3. The predicted molar refractivity (Wildman–Crippen MR) is 196 cm³/mol. The highest BCUT2D eigenvalue weighted by Crippen LogP contribution is 2.36. The Morgan fingerprint density at radius 2 is 1.71 bits per heavy atom. The highest BCUT2D eigenvalue weighted by Gasteiger charge is 2.40. The largest absolute Gasteiger partial charge is 0.371 e. The van der Waals surface area contributed by atoms with Gasteiger partial charge in [-0.25, -0.2) is 0 Å². The van der Waals surface area contributed by atoms with Crippen LogP contribution in [-0.2, 0) is 40.3 Å². The lowest BCUT2D eigenvalue weighted by Crippen LogP contribution is -2.50. The summed E-state index contributed by atoms with van der Waals surface area (Å²) in [5, 5.41) is 9.10. The molecule has 1 aliphatic carbocycles. The van der Waals surface area contributed by atoms with E-state index in [9.17, 15) is 14.4 Å². The van der Waals surface area contributed by atoms with Gasteiger partial charge >= 0.3 is 0 Å². The standard InChI is InChI=1S/C40H46N6O3/c1-4-5-11-20-42-29-43-38(48)34-23-30-16-17-35(25-33(30)24-34)44-37(47)28-46(27-32-13-10-9-12-31(32)26-41-3)39(49)40(2)18-21-45(22-19-40)36-14-7-6-8-15-36/h1,5-17,20,25,34,41H,18-19,21-24,26-29H2,2-3H3,(H,43,48)(H,44,47)/b11-5-,42-20-/t34-/m1/s1. The SMILES string of the molecule is C#C/C=C\C=N/CNC(=O)[C@@H]1Cc2ccc(NC(=O)CN(Cc3ccccc3CNC)C(=O)C3(C)CCN(c4ccccc4)CC3)cc2C1. The molecule has 9 nitrogen and oxygen atoms in total. The Kier molecular flexibility index (Phi) is 12.0. The first kappa shape index (κ1) is 35.1. The van der Waals surface area contributed by atoms with Crippen LogP contribution in [0.3, 0.4) is 0 Å². The first-order chi connectivity index (χ1) is 23.8. The summed E-state index contributed by atoms with van der Waals surface area (Å²) in [7, 11) is 1.90. The molecule has 1 fully saturated rings. The summed E-state index contributed by atoms with van der Waals surface area (Å²) < 4.78 is 0. The third kappa shape index (κ3) is 9.24. The van der Waals surface area contributed by atoms with Gasteiger partial charge in [0.05, 0.1) is 0 Å². The van der Waals surface area contributed by atoms with Crippen molar-refractivity contribution in [1.29, 1.82) is 0 Å². The number of fused-ring (bicyclic) bond motifs is 1. The van der Waals surface area contributed by atoms with Crippen LogP contribution in [0.1, 0.15) is 42.0 Å². The fourth-order valence-corrected chi connectivity index (χ4v) is 6.71. The van der Waals surface area contributed by atoms with E-state index >= 15 is 0 Å². The zero-order valence-electron chi connectivity index (χ0n) is 28.5. The Morgan fingerprint density at radius 3 is 2.45 bits per heavy atom. The number of piperidine rings is 1. The summed E-state index contributed by atoms with van der Waals surface area (Å²) in [6.07, 6.45) is 12.5. The van der Waals surface area contributed by atoms with Gasteiger partial charge in [0.15, 0.2) is 0 Å². The molecule has 0 aromatic heterocycles. The summed E-state index contributed by atoms with van der Waals surface area (Å²) in [6, 6.07) is 24.1. The third-order valence-electron chi connectivity index (χ3n) is 9.50. The Balaban J connectivity index is 1.25. The van der Waals surface area contributed by atoms with Crippen molar-refractivity contribution in [2.24, 2.45) is 16.3 Å². The minimum absolute atomic E-state index is 0.00571. The molecule has 3 aromatic rings. The molecule has 1 atom stereocenters. The molecule has 0 saturated carbocycles. The van der Waals surface area contributed by atoms with Crippen molar-refractivity contribution >= 4 is 35.3 Å². The second kappa shape index (κ2) is 16.8. The maximum absolute atomic E-state index is 14.4. The zero-order valence-corrected chi connectivity index (χ0v) is 28.5. The van der Waals surface area contributed by atoms with Crippen LogP contribution in [0.15, 0.2) is 89.9 Å². The summed E-state index contributed by atoms with van der Waals surface area (Å²) in [4.78, 5) is 48.9. The normalized spacial score (nSPS) is 16.7. The highest BCUT2D eigenvalue weighted by molar-refractivity contribution is 5.95. The maximum Gasteiger partial charge on any atom is 0.244 e. The van der Waals surface area contributed by atoms with E-state index < -0.39 is 5.41 Å². The summed E-state index contributed by atoms with van der Waals surface area (Å²) in [5.74, 6) is 1.87. The smallest absolute Gasteiger partial charge is 0.244 e. The number of para-hydroxylation sites is 1. The van der Waals surface area contributed by atoms with Gasteiger partial charge in [0.25, 0.3) is 0 Å². The van der Waals surface area contributed by atoms with Gasteiger partial charge in [-0.2, -0.15) is 0 Å². The summed E-state index contributed by atoms with van der Waals surface area (Å²) >= 11 is 0. The van der Waals surface area contributed by atoms with Gasteiger partial charge in [-0.15, -0.1) is 6.42 Å². The second-order valence-corrected chi connectivity index (χ2v) is 13.0. The van der Waals surface area contributed by atoms with E-state index in [1.807, 2.05) is 68.6 Å². The number of benzene rings is 3. The van der Waals surface area contributed by atoms with E-state index in [0.717, 1.165) is 41.0 Å². The van der Waals surface area contributed by atoms with Crippen molar-refractivity contribution < 1.29 is 14.4 Å². The van der Waals surface area contributed by atoms with Crippen molar-refractivity contribution in [3.8, 4) is 12.3 Å². The molecule has 0 unspecified atom stereocenters. The molecule has 1 saturated heterocycles. The van der Waals surface area contributed by atoms with Crippen LogP contribution in [0.2, 0.25) is 0 Å². The minimum atomic E-state index is -0.587. The fraction of sp³-hybridized carbons (Fsp3) is 0.350. The number of rotatable bonds is 13. The van der Waals surface area contributed by atoms with Crippen molar-refractivity contribution in [3.05, 3.63) is 107 Å². The van der Waals surface area contributed by atoms with E-state index in [-0.39, 0.29) is 36.9 Å². The number of hydrogen-bond donors (Lipinski definition) is 3. The molecule has 254 valence electrons. The van der Waals surface area contributed by atoms with Gasteiger partial charge in [0, 0.05) is 55.1 Å². The van der Waals surface area contributed by atoms with Gasteiger partial charge in [-0.1, -0.05) is 61.4 Å². The monoisotopic (exact) mass is 658 g/mol. The number of carbonyl (C=O) groups is 3. The van der Waals surface area contributed by atoms with Crippen LogP contribution >= 0.6 is 0 Å². The van der Waals surface area contributed by atoms with Crippen LogP contribution in [0.4, 0.5) is 11.4 Å². The fourth-order valence-electron chi connectivity index (χ4n) is 6.71. The summed E-state index contributed by atoms with van der Waals surface area (Å²) in [5.41, 5.74) is 5.46. The number of hydrogen-bond acceptors (Lipinski definition) is 6. The van der Waals surface area contributed by atoms with Crippen molar-refractivity contribution in [2.75, 3.05) is 43.6 Å².